The Bertz CT molecular complexity index is 1310. The molecule has 36 heavy (non-hydrogen) atoms. The van der Waals surface area contributed by atoms with Crippen LogP contribution in [0.25, 0.3) is 0 Å². The maximum Gasteiger partial charge on any atom is 0.303 e. The maximum atomic E-state index is 13.8. The Hall–Kier alpha value is -3.84. The van der Waals surface area contributed by atoms with Gasteiger partial charge in [-0.05, 0) is 84.9 Å². The monoisotopic (exact) mass is 485 g/mol. The third-order valence-electron chi connectivity index (χ3n) is 6.76. The van der Waals surface area contributed by atoms with E-state index >= 15 is 0 Å². The molecule has 5 rings (SSSR count). The van der Waals surface area contributed by atoms with Crippen molar-refractivity contribution in [1.29, 1.82) is 0 Å². The number of amides is 1. The molecule has 3 aromatic carbocycles. The molecular weight excluding hydrogens is 457 g/mol. The second kappa shape index (κ2) is 10.4. The van der Waals surface area contributed by atoms with E-state index in [4.69, 9.17) is 10.1 Å². The van der Waals surface area contributed by atoms with Crippen molar-refractivity contribution in [3.63, 3.8) is 0 Å². The second-order valence-corrected chi connectivity index (χ2v) is 9.39. The Labute approximate surface area is 209 Å². The number of carboxylic acid groups (broad SMARTS) is 1. The van der Waals surface area contributed by atoms with Crippen molar-refractivity contribution in [1.82, 2.24) is 4.90 Å². The third-order valence-corrected chi connectivity index (χ3v) is 6.76. The largest absolute Gasteiger partial charge is 0.481 e. The van der Waals surface area contributed by atoms with Crippen LogP contribution in [-0.4, -0.2) is 40.7 Å². The number of carbonyl (C=O) groups excluding carboxylic acids is 1. The van der Waals surface area contributed by atoms with Crippen LogP contribution in [0.1, 0.15) is 47.4 Å². The molecule has 3 aromatic rings. The zero-order valence-electron chi connectivity index (χ0n) is 19.9. The lowest BCUT2D eigenvalue weighted by atomic mass is 9.89. The Kier molecular flexibility index (Phi) is 6.91. The van der Waals surface area contributed by atoms with Gasteiger partial charge in [0.1, 0.15) is 11.7 Å². The van der Waals surface area contributed by atoms with E-state index in [2.05, 4.69) is 22.3 Å². The Morgan fingerprint density at radius 3 is 2.56 bits per heavy atom. The molecule has 0 radical (unpaired) electrons. The van der Waals surface area contributed by atoms with Gasteiger partial charge in [0.15, 0.2) is 0 Å². The van der Waals surface area contributed by atoms with Crippen LogP contribution in [0.2, 0.25) is 0 Å². The summed E-state index contributed by atoms with van der Waals surface area (Å²) in [6, 6.07) is 19.8. The maximum absolute atomic E-state index is 13.8. The van der Waals surface area contributed by atoms with Gasteiger partial charge in [-0.2, -0.15) is 0 Å². The fraction of sp³-hybridized carbons (Fsp3) is 0.276. The molecule has 0 bridgehead atoms. The third kappa shape index (κ3) is 5.36. The molecular formula is C29H28FN3O3. The summed E-state index contributed by atoms with van der Waals surface area (Å²) < 4.78 is 13.8. The van der Waals surface area contributed by atoms with Crippen LogP contribution in [0.3, 0.4) is 0 Å². The average molecular weight is 486 g/mol. The first-order valence-corrected chi connectivity index (χ1v) is 12.3. The summed E-state index contributed by atoms with van der Waals surface area (Å²) in [4.78, 5) is 31.5. The van der Waals surface area contributed by atoms with E-state index < -0.39 is 17.7 Å². The number of benzene rings is 3. The number of nitrogens with zero attached hydrogens (tertiary/aromatic N) is 2. The second-order valence-electron chi connectivity index (χ2n) is 9.39. The number of aliphatic imine (C=N–C) groups is 1. The van der Waals surface area contributed by atoms with Gasteiger partial charge in [0, 0.05) is 18.7 Å². The molecule has 1 unspecified atom stereocenters. The molecule has 1 fully saturated rings. The van der Waals surface area contributed by atoms with Gasteiger partial charge in [-0.15, -0.1) is 0 Å². The highest BCUT2D eigenvalue weighted by atomic mass is 19.1. The smallest absolute Gasteiger partial charge is 0.303 e. The van der Waals surface area contributed by atoms with Crippen molar-refractivity contribution in [2.45, 2.75) is 38.1 Å². The fourth-order valence-corrected chi connectivity index (χ4v) is 4.95. The van der Waals surface area contributed by atoms with E-state index in [1.165, 1.54) is 30.5 Å². The minimum atomic E-state index is -0.866. The van der Waals surface area contributed by atoms with Crippen molar-refractivity contribution < 1.29 is 19.1 Å². The van der Waals surface area contributed by atoms with Gasteiger partial charge in [0.05, 0.1) is 11.4 Å². The summed E-state index contributed by atoms with van der Waals surface area (Å²) >= 11 is 0. The van der Waals surface area contributed by atoms with Crippen molar-refractivity contribution in [3.05, 3.63) is 94.8 Å². The van der Waals surface area contributed by atoms with E-state index in [-0.39, 0.29) is 12.3 Å². The van der Waals surface area contributed by atoms with Crippen LogP contribution in [0.4, 0.5) is 15.8 Å². The Morgan fingerprint density at radius 1 is 1.03 bits per heavy atom. The molecule has 6 nitrogen and oxygen atoms in total. The lowest BCUT2D eigenvalue weighted by Gasteiger charge is -2.16. The summed E-state index contributed by atoms with van der Waals surface area (Å²) in [5.41, 5.74) is 5.17. The molecule has 184 valence electrons. The van der Waals surface area contributed by atoms with Gasteiger partial charge in [-0.1, -0.05) is 36.4 Å². The van der Waals surface area contributed by atoms with Crippen molar-refractivity contribution in [2.75, 3.05) is 18.4 Å². The zero-order chi connectivity index (χ0) is 25.1. The zero-order valence-corrected chi connectivity index (χ0v) is 19.9. The summed E-state index contributed by atoms with van der Waals surface area (Å²) in [5.74, 6) is -2.26. The predicted molar refractivity (Wildman–Crippen MR) is 137 cm³/mol. The highest BCUT2D eigenvalue weighted by Crippen LogP contribution is 2.37. The van der Waals surface area contributed by atoms with Gasteiger partial charge < -0.3 is 10.4 Å². The number of carbonyl (C=O) groups is 2. The highest BCUT2D eigenvalue weighted by molar-refractivity contribution is 6.24. The molecule has 1 amide bonds. The first-order chi connectivity index (χ1) is 17.5. The highest BCUT2D eigenvalue weighted by Gasteiger charge is 2.35. The van der Waals surface area contributed by atoms with Crippen LogP contribution >= 0.6 is 0 Å². The number of hydrogen-bond donors (Lipinski definition) is 2. The SMILES string of the molecule is O=C(O)CCc1cccc(C(=Nc2ccc(CN3CCCC3)cc2)C2C(=O)Nc3cc(F)ccc32)c1. The molecule has 1 atom stereocenters. The molecule has 7 heteroatoms. The van der Waals surface area contributed by atoms with E-state index in [0.717, 1.165) is 36.4 Å². The van der Waals surface area contributed by atoms with E-state index in [9.17, 15) is 14.0 Å². The molecule has 1 saturated heterocycles. The van der Waals surface area contributed by atoms with Gasteiger partial charge >= 0.3 is 5.97 Å². The molecule has 0 aromatic heterocycles. The number of fused-ring (bicyclic) bond motifs is 1. The topological polar surface area (TPSA) is 82.0 Å². The quantitative estimate of drug-likeness (QED) is 0.425. The lowest BCUT2D eigenvalue weighted by Crippen LogP contribution is -2.22. The van der Waals surface area contributed by atoms with Crippen LogP contribution in [-0.2, 0) is 22.6 Å². The minimum Gasteiger partial charge on any atom is -0.481 e. The normalized spacial score (nSPS) is 17.8. The summed E-state index contributed by atoms with van der Waals surface area (Å²) in [7, 11) is 0. The molecule has 2 heterocycles. The molecule has 0 saturated carbocycles. The molecule has 2 aliphatic rings. The van der Waals surface area contributed by atoms with E-state index in [1.54, 1.807) is 6.07 Å². The van der Waals surface area contributed by atoms with Crippen molar-refractivity contribution >= 4 is 29.0 Å². The van der Waals surface area contributed by atoms with Crippen LogP contribution in [0.15, 0.2) is 71.7 Å². The van der Waals surface area contributed by atoms with Gasteiger partial charge in [0.25, 0.3) is 0 Å². The fourth-order valence-electron chi connectivity index (χ4n) is 4.95. The Balaban J connectivity index is 1.52. The standard InChI is InChI=1S/C29H28FN3O3/c30-22-9-12-24-25(17-22)32-29(36)27(24)28(21-5-3-4-19(16-21)8-13-26(34)35)31-23-10-6-20(7-11-23)18-33-14-1-2-15-33/h3-7,9-12,16-17,27H,1-2,8,13-15,18H2,(H,32,36)(H,34,35). The van der Waals surface area contributed by atoms with E-state index in [0.29, 0.717) is 23.4 Å². The number of aliphatic carboxylic acids is 1. The summed E-state index contributed by atoms with van der Waals surface area (Å²) in [6.45, 7) is 3.16. The van der Waals surface area contributed by atoms with E-state index in [1.807, 2.05) is 36.4 Å². The molecule has 2 aliphatic heterocycles. The predicted octanol–water partition coefficient (Wildman–Crippen LogP) is 5.30. The Morgan fingerprint density at radius 2 is 1.81 bits per heavy atom. The number of halogens is 1. The number of aryl methyl sites for hydroxylation is 1. The van der Waals surface area contributed by atoms with Gasteiger partial charge in [-0.3, -0.25) is 19.5 Å². The van der Waals surface area contributed by atoms with Crippen molar-refractivity contribution in [2.24, 2.45) is 4.99 Å². The van der Waals surface area contributed by atoms with Gasteiger partial charge in [-0.25, -0.2) is 4.39 Å². The molecule has 0 spiro atoms. The summed E-state index contributed by atoms with van der Waals surface area (Å²) in [6.07, 6.45) is 2.87. The van der Waals surface area contributed by atoms with Crippen LogP contribution in [0.5, 0.6) is 0 Å². The first kappa shape index (κ1) is 23.9. The number of likely N-dealkylation sites (tertiary alicyclic amines) is 1. The summed E-state index contributed by atoms with van der Waals surface area (Å²) in [5, 5.41) is 11.9. The number of anilines is 1. The first-order valence-electron chi connectivity index (χ1n) is 12.3. The average Bonchev–Trinajstić information content (AvgIpc) is 3.49. The number of rotatable bonds is 8. The van der Waals surface area contributed by atoms with Gasteiger partial charge in [0.2, 0.25) is 5.91 Å². The number of hydrogen-bond acceptors (Lipinski definition) is 4. The molecule has 2 N–H and O–H groups in total. The van der Waals surface area contributed by atoms with Crippen LogP contribution in [0, 0.1) is 5.82 Å². The number of nitrogens with one attached hydrogen (secondary N) is 1. The van der Waals surface area contributed by atoms with Crippen molar-refractivity contribution in [3.8, 4) is 0 Å². The minimum absolute atomic E-state index is 0.0143. The van der Waals surface area contributed by atoms with Crippen LogP contribution < -0.4 is 5.32 Å². The lowest BCUT2D eigenvalue weighted by molar-refractivity contribution is -0.137. The molecule has 0 aliphatic carbocycles. The number of carboxylic acids is 1.